The van der Waals surface area contributed by atoms with Gasteiger partial charge in [0.1, 0.15) is 5.75 Å². The Morgan fingerprint density at radius 3 is 2.95 bits per heavy atom. The van der Waals surface area contributed by atoms with Crippen molar-refractivity contribution in [3.8, 4) is 5.75 Å². The van der Waals surface area contributed by atoms with Crippen LogP contribution in [0.2, 0.25) is 0 Å². The summed E-state index contributed by atoms with van der Waals surface area (Å²) in [5.74, 6) is 2.08. The standard InChI is InChI=1S/C16H23N3O2/c1-4-7-16-18-15(19-21-16)11-20-14-9-6-8-13(10-14)12(3)17-5-2/h6,8-10,12,17H,4-5,7,11H2,1-3H3. The average Bonchev–Trinajstić information content (AvgIpc) is 2.94. The highest BCUT2D eigenvalue weighted by Crippen LogP contribution is 2.19. The van der Waals surface area contributed by atoms with E-state index >= 15 is 0 Å². The average molecular weight is 289 g/mol. The molecule has 0 fully saturated rings. The van der Waals surface area contributed by atoms with Crippen LogP contribution in [0.3, 0.4) is 0 Å². The first-order valence-electron chi connectivity index (χ1n) is 7.50. The number of rotatable bonds is 8. The van der Waals surface area contributed by atoms with Crippen LogP contribution >= 0.6 is 0 Å². The third kappa shape index (κ3) is 4.56. The van der Waals surface area contributed by atoms with Gasteiger partial charge in [-0.2, -0.15) is 4.98 Å². The molecule has 0 bridgehead atoms. The van der Waals surface area contributed by atoms with Crippen LogP contribution in [0.25, 0.3) is 0 Å². The maximum absolute atomic E-state index is 5.74. The van der Waals surface area contributed by atoms with Crippen LogP contribution in [0.1, 0.15) is 50.5 Å². The lowest BCUT2D eigenvalue weighted by Gasteiger charge is -2.13. The summed E-state index contributed by atoms with van der Waals surface area (Å²) in [5.41, 5.74) is 1.20. The summed E-state index contributed by atoms with van der Waals surface area (Å²) in [6.45, 7) is 7.58. The molecule has 0 spiro atoms. The number of nitrogens with zero attached hydrogens (tertiary/aromatic N) is 2. The zero-order chi connectivity index (χ0) is 15.1. The predicted octanol–water partition coefficient (Wildman–Crippen LogP) is 3.27. The van der Waals surface area contributed by atoms with E-state index in [1.54, 1.807) is 0 Å². The van der Waals surface area contributed by atoms with Crippen molar-refractivity contribution in [1.29, 1.82) is 0 Å². The molecule has 2 aromatic rings. The molecule has 1 aromatic heterocycles. The first kappa shape index (κ1) is 15.5. The highest BCUT2D eigenvalue weighted by atomic mass is 16.5. The zero-order valence-corrected chi connectivity index (χ0v) is 12.9. The molecule has 1 aromatic carbocycles. The van der Waals surface area contributed by atoms with Crippen molar-refractivity contribution in [1.82, 2.24) is 15.5 Å². The lowest BCUT2D eigenvalue weighted by Crippen LogP contribution is -2.17. The molecule has 1 N–H and O–H groups in total. The molecule has 21 heavy (non-hydrogen) atoms. The molecule has 1 unspecified atom stereocenters. The quantitative estimate of drug-likeness (QED) is 0.808. The Labute approximate surface area is 125 Å². The molecule has 5 nitrogen and oxygen atoms in total. The maximum Gasteiger partial charge on any atom is 0.226 e. The largest absolute Gasteiger partial charge is 0.485 e. The number of aromatic nitrogens is 2. The fourth-order valence-electron chi connectivity index (χ4n) is 2.11. The van der Waals surface area contributed by atoms with Gasteiger partial charge in [-0.05, 0) is 37.6 Å². The number of hydrogen-bond acceptors (Lipinski definition) is 5. The topological polar surface area (TPSA) is 60.2 Å². The second-order valence-electron chi connectivity index (χ2n) is 4.99. The summed E-state index contributed by atoms with van der Waals surface area (Å²) in [6, 6.07) is 8.38. The molecule has 1 heterocycles. The van der Waals surface area contributed by atoms with E-state index in [0.717, 1.165) is 25.1 Å². The lowest BCUT2D eigenvalue weighted by atomic mass is 10.1. The second kappa shape index (κ2) is 7.78. The third-order valence-electron chi connectivity index (χ3n) is 3.21. The van der Waals surface area contributed by atoms with E-state index in [1.165, 1.54) is 5.56 Å². The molecule has 0 amide bonds. The first-order chi connectivity index (χ1) is 10.2. The van der Waals surface area contributed by atoms with E-state index in [9.17, 15) is 0 Å². The van der Waals surface area contributed by atoms with Crippen molar-refractivity contribution in [3.05, 3.63) is 41.5 Å². The Kier molecular flexibility index (Phi) is 5.75. The maximum atomic E-state index is 5.74. The third-order valence-corrected chi connectivity index (χ3v) is 3.21. The molecule has 0 saturated heterocycles. The van der Waals surface area contributed by atoms with Gasteiger partial charge in [0.05, 0.1) is 0 Å². The minimum Gasteiger partial charge on any atom is -0.485 e. The smallest absolute Gasteiger partial charge is 0.226 e. The van der Waals surface area contributed by atoms with Crippen molar-refractivity contribution in [2.75, 3.05) is 6.54 Å². The van der Waals surface area contributed by atoms with Gasteiger partial charge in [0.25, 0.3) is 0 Å². The minimum atomic E-state index is 0.305. The van der Waals surface area contributed by atoms with Crippen LogP contribution < -0.4 is 10.1 Å². The van der Waals surface area contributed by atoms with Gasteiger partial charge in [-0.1, -0.05) is 31.1 Å². The van der Waals surface area contributed by atoms with E-state index in [4.69, 9.17) is 9.26 Å². The summed E-state index contributed by atoms with van der Waals surface area (Å²) >= 11 is 0. The van der Waals surface area contributed by atoms with Gasteiger partial charge in [-0.15, -0.1) is 0 Å². The van der Waals surface area contributed by atoms with Crippen LogP contribution in [0.5, 0.6) is 5.75 Å². The van der Waals surface area contributed by atoms with Crippen molar-refractivity contribution in [3.63, 3.8) is 0 Å². The van der Waals surface area contributed by atoms with Crippen LogP contribution in [-0.2, 0) is 13.0 Å². The van der Waals surface area contributed by atoms with Crippen molar-refractivity contribution in [2.45, 2.75) is 46.3 Å². The van der Waals surface area contributed by atoms with Gasteiger partial charge in [0, 0.05) is 12.5 Å². The highest BCUT2D eigenvalue weighted by molar-refractivity contribution is 5.30. The summed E-state index contributed by atoms with van der Waals surface area (Å²) < 4.78 is 10.9. The molecule has 0 radical (unpaired) electrons. The van der Waals surface area contributed by atoms with Crippen molar-refractivity contribution in [2.24, 2.45) is 0 Å². The number of aryl methyl sites for hydroxylation is 1. The molecule has 5 heteroatoms. The monoisotopic (exact) mass is 289 g/mol. The number of benzene rings is 1. The van der Waals surface area contributed by atoms with E-state index in [2.05, 4.69) is 42.3 Å². The molecule has 0 aliphatic carbocycles. The summed E-state index contributed by atoms with van der Waals surface area (Å²) in [4.78, 5) is 4.29. The number of nitrogens with one attached hydrogen (secondary N) is 1. The molecule has 2 rings (SSSR count). The summed E-state index contributed by atoms with van der Waals surface area (Å²) in [6.07, 6.45) is 1.80. The Morgan fingerprint density at radius 1 is 1.33 bits per heavy atom. The second-order valence-corrected chi connectivity index (χ2v) is 4.99. The summed E-state index contributed by atoms with van der Waals surface area (Å²) in [7, 11) is 0. The molecule has 1 atom stereocenters. The first-order valence-corrected chi connectivity index (χ1v) is 7.50. The van der Waals surface area contributed by atoms with E-state index in [1.807, 2.05) is 18.2 Å². The Bertz CT molecular complexity index is 554. The van der Waals surface area contributed by atoms with Gasteiger partial charge in [-0.3, -0.25) is 0 Å². The molecular formula is C16H23N3O2. The van der Waals surface area contributed by atoms with Crippen LogP contribution in [0.4, 0.5) is 0 Å². The SMILES string of the molecule is CCCc1nc(COc2cccc(C(C)NCC)c2)no1. The van der Waals surface area contributed by atoms with E-state index in [-0.39, 0.29) is 0 Å². The molecule has 114 valence electrons. The van der Waals surface area contributed by atoms with Gasteiger partial charge in [0.2, 0.25) is 11.7 Å². The van der Waals surface area contributed by atoms with Gasteiger partial charge in [-0.25, -0.2) is 0 Å². The lowest BCUT2D eigenvalue weighted by molar-refractivity contribution is 0.284. The van der Waals surface area contributed by atoms with Gasteiger partial charge in [0.15, 0.2) is 6.61 Å². The number of hydrogen-bond donors (Lipinski definition) is 1. The highest BCUT2D eigenvalue weighted by Gasteiger charge is 2.08. The fourth-order valence-corrected chi connectivity index (χ4v) is 2.11. The minimum absolute atomic E-state index is 0.305. The zero-order valence-electron chi connectivity index (χ0n) is 12.9. The normalized spacial score (nSPS) is 12.3. The van der Waals surface area contributed by atoms with Crippen LogP contribution in [-0.4, -0.2) is 16.7 Å². The molecule has 0 aliphatic rings. The van der Waals surface area contributed by atoms with E-state index in [0.29, 0.717) is 24.4 Å². The number of ether oxygens (including phenoxy) is 1. The van der Waals surface area contributed by atoms with E-state index < -0.39 is 0 Å². The van der Waals surface area contributed by atoms with Crippen molar-refractivity contribution < 1.29 is 9.26 Å². The van der Waals surface area contributed by atoms with Gasteiger partial charge < -0.3 is 14.6 Å². The Balaban J connectivity index is 1.94. The van der Waals surface area contributed by atoms with Crippen LogP contribution in [0.15, 0.2) is 28.8 Å². The molecule has 0 saturated carbocycles. The summed E-state index contributed by atoms with van der Waals surface area (Å²) in [5, 5.41) is 7.30. The molecule has 0 aliphatic heterocycles. The Morgan fingerprint density at radius 2 is 2.19 bits per heavy atom. The molecular weight excluding hydrogens is 266 g/mol. The van der Waals surface area contributed by atoms with Gasteiger partial charge >= 0.3 is 0 Å². The Hall–Kier alpha value is -1.88. The fraction of sp³-hybridized carbons (Fsp3) is 0.500. The van der Waals surface area contributed by atoms with Crippen molar-refractivity contribution >= 4 is 0 Å². The predicted molar refractivity (Wildman–Crippen MR) is 81.2 cm³/mol. The van der Waals surface area contributed by atoms with Crippen LogP contribution in [0, 0.1) is 0 Å².